The van der Waals surface area contributed by atoms with Crippen LogP contribution in [0.1, 0.15) is 48.7 Å². The molecule has 2 N–H and O–H groups in total. The van der Waals surface area contributed by atoms with Gasteiger partial charge in [-0.3, -0.25) is 19.9 Å². The summed E-state index contributed by atoms with van der Waals surface area (Å²) in [6.45, 7) is 5.36. The molecule has 2 aromatic carbocycles. The molecule has 4 aromatic rings. The van der Waals surface area contributed by atoms with E-state index < -0.39 is 11.7 Å². The highest BCUT2D eigenvalue weighted by molar-refractivity contribution is 7.13. The van der Waals surface area contributed by atoms with Crippen molar-refractivity contribution in [3.05, 3.63) is 101 Å². The van der Waals surface area contributed by atoms with Gasteiger partial charge in [-0.1, -0.05) is 30.3 Å². The fourth-order valence-electron chi connectivity index (χ4n) is 3.89. The van der Waals surface area contributed by atoms with Crippen molar-refractivity contribution in [2.75, 3.05) is 10.6 Å². The van der Waals surface area contributed by atoms with Gasteiger partial charge in [-0.25, -0.2) is 4.79 Å². The van der Waals surface area contributed by atoms with Crippen LogP contribution in [0.5, 0.6) is 0 Å². The Morgan fingerprint density at radius 2 is 1.69 bits per heavy atom. The molecule has 0 atom stereocenters. The molecule has 0 aliphatic heterocycles. The molecule has 2 aromatic heterocycles. The summed E-state index contributed by atoms with van der Waals surface area (Å²) in [6.07, 6.45) is 4.15. The summed E-state index contributed by atoms with van der Waals surface area (Å²) < 4.78 is 5.39. The fraction of sp³-hybridized carbons (Fsp3) is 0.226. The van der Waals surface area contributed by atoms with Crippen molar-refractivity contribution in [3.8, 4) is 10.4 Å². The molecular formula is C31H31N3O4S. The van der Waals surface area contributed by atoms with E-state index in [-0.39, 0.29) is 11.7 Å². The standard InChI is InChI=1S/C31H31N3O4S/c1-31(2,3)38-30(37)34-26-15-13-24(28-7-5-17-39-28)19-27(26)33-29(36)23-11-8-21(9-12-23)10-14-25(35)18-22-6-4-16-32-20-22/h4-9,11-13,15-17,19-20H,10,14,18H2,1-3H3,(H,33,36)(H,34,37). The lowest BCUT2D eigenvalue weighted by Crippen LogP contribution is -2.27. The minimum atomic E-state index is -0.657. The topological polar surface area (TPSA) is 97.4 Å². The van der Waals surface area contributed by atoms with Gasteiger partial charge in [0.25, 0.3) is 5.91 Å². The molecule has 2 heterocycles. The Kier molecular flexibility index (Phi) is 8.88. The zero-order valence-corrected chi connectivity index (χ0v) is 23.0. The lowest BCUT2D eigenvalue weighted by molar-refractivity contribution is -0.118. The first-order valence-corrected chi connectivity index (χ1v) is 13.5. The number of carbonyl (C=O) groups excluding carboxylic acids is 3. The summed E-state index contributed by atoms with van der Waals surface area (Å²) in [7, 11) is 0. The van der Waals surface area contributed by atoms with Crippen LogP contribution in [-0.4, -0.2) is 28.4 Å². The number of nitrogens with zero attached hydrogens (tertiary/aromatic N) is 1. The van der Waals surface area contributed by atoms with Gasteiger partial charge in [0.15, 0.2) is 0 Å². The predicted molar refractivity (Wildman–Crippen MR) is 155 cm³/mol. The maximum Gasteiger partial charge on any atom is 0.412 e. The zero-order chi connectivity index (χ0) is 27.8. The molecule has 0 unspecified atom stereocenters. The monoisotopic (exact) mass is 541 g/mol. The summed E-state index contributed by atoms with van der Waals surface area (Å²) in [5.74, 6) is -0.176. The van der Waals surface area contributed by atoms with Crippen LogP contribution in [0, 0.1) is 0 Å². The van der Waals surface area contributed by atoms with Gasteiger partial charge in [-0.15, -0.1) is 11.3 Å². The highest BCUT2D eigenvalue weighted by Crippen LogP contribution is 2.32. The molecule has 0 fully saturated rings. The average molecular weight is 542 g/mol. The van der Waals surface area contributed by atoms with E-state index >= 15 is 0 Å². The van der Waals surface area contributed by atoms with E-state index in [9.17, 15) is 14.4 Å². The number of hydrogen-bond donors (Lipinski definition) is 2. The van der Waals surface area contributed by atoms with Crippen molar-refractivity contribution >= 4 is 40.5 Å². The first-order valence-electron chi connectivity index (χ1n) is 12.6. The minimum absolute atomic E-state index is 0.139. The van der Waals surface area contributed by atoms with Gasteiger partial charge in [0.1, 0.15) is 11.4 Å². The van der Waals surface area contributed by atoms with E-state index in [4.69, 9.17) is 4.74 Å². The zero-order valence-electron chi connectivity index (χ0n) is 22.2. The summed E-state index contributed by atoms with van der Waals surface area (Å²) in [5.41, 5.74) is 3.49. The molecule has 8 heteroatoms. The number of aryl methyl sites for hydroxylation is 1. The lowest BCUT2D eigenvalue weighted by atomic mass is 10.0. The number of pyridine rings is 1. The summed E-state index contributed by atoms with van der Waals surface area (Å²) in [5, 5.41) is 7.65. The smallest absolute Gasteiger partial charge is 0.412 e. The quantitative estimate of drug-likeness (QED) is 0.234. The average Bonchev–Trinajstić information content (AvgIpc) is 3.43. The van der Waals surface area contributed by atoms with Crippen molar-refractivity contribution in [2.45, 2.75) is 45.6 Å². The first-order chi connectivity index (χ1) is 18.7. The number of ketones is 1. The van der Waals surface area contributed by atoms with E-state index in [0.29, 0.717) is 36.2 Å². The summed E-state index contributed by atoms with van der Waals surface area (Å²) in [4.78, 5) is 43.0. The molecule has 0 aliphatic rings. The van der Waals surface area contributed by atoms with Crippen LogP contribution in [0.15, 0.2) is 84.5 Å². The fourth-order valence-corrected chi connectivity index (χ4v) is 4.61. The maximum absolute atomic E-state index is 13.1. The number of carbonyl (C=O) groups is 3. The Balaban J connectivity index is 1.43. The molecule has 4 rings (SSSR count). The number of nitrogens with one attached hydrogen (secondary N) is 2. The molecule has 0 aliphatic carbocycles. The van der Waals surface area contributed by atoms with Crippen LogP contribution in [0.25, 0.3) is 10.4 Å². The summed E-state index contributed by atoms with van der Waals surface area (Å²) in [6, 6.07) is 20.3. The van der Waals surface area contributed by atoms with Gasteiger partial charge in [0.2, 0.25) is 0 Å². The Bertz CT molecular complexity index is 1430. The number of rotatable bonds is 9. The number of benzene rings is 2. The second kappa shape index (κ2) is 12.5. The lowest BCUT2D eigenvalue weighted by Gasteiger charge is -2.21. The van der Waals surface area contributed by atoms with E-state index in [1.807, 2.05) is 53.9 Å². The molecule has 0 bridgehead atoms. The van der Waals surface area contributed by atoms with Crippen LogP contribution in [0.2, 0.25) is 0 Å². The molecular weight excluding hydrogens is 510 g/mol. The Morgan fingerprint density at radius 1 is 0.897 bits per heavy atom. The van der Waals surface area contributed by atoms with Crippen LogP contribution in [-0.2, 0) is 22.4 Å². The third kappa shape index (κ3) is 8.35. The van der Waals surface area contributed by atoms with Gasteiger partial charge in [0, 0.05) is 35.7 Å². The normalized spacial score (nSPS) is 11.1. The molecule has 0 saturated heterocycles. The number of Topliss-reactive ketones (excluding diaryl/α,β-unsaturated/α-hetero) is 1. The predicted octanol–water partition coefficient (Wildman–Crippen LogP) is 7.15. The van der Waals surface area contributed by atoms with Crippen LogP contribution >= 0.6 is 11.3 Å². The minimum Gasteiger partial charge on any atom is -0.444 e. The van der Waals surface area contributed by atoms with Crippen molar-refractivity contribution < 1.29 is 19.1 Å². The van der Waals surface area contributed by atoms with Crippen molar-refractivity contribution in [1.82, 2.24) is 4.98 Å². The molecule has 2 amide bonds. The number of aromatic nitrogens is 1. The largest absolute Gasteiger partial charge is 0.444 e. The van der Waals surface area contributed by atoms with E-state index in [0.717, 1.165) is 21.6 Å². The number of hydrogen-bond acceptors (Lipinski definition) is 6. The molecule has 7 nitrogen and oxygen atoms in total. The number of thiophene rings is 1. The Labute approximate surface area is 232 Å². The van der Waals surface area contributed by atoms with Crippen LogP contribution in [0.4, 0.5) is 16.2 Å². The highest BCUT2D eigenvalue weighted by atomic mass is 32.1. The van der Waals surface area contributed by atoms with E-state index in [1.54, 1.807) is 62.7 Å². The van der Waals surface area contributed by atoms with Gasteiger partial charge >= 0.3 is 6.09 Å². The summed E-state index contributed by atoms with van der Waals surface area (Å²) >= 11 is 1.58. The highest BCUT2D eigenvalue weighted by Gasteiger charge is 2.19. The van der Waals surface area contributed by atoms with E-state index in [2.05, 4.69) is 15.6 Å². The van der Waals surface area contributed by atoms with Crippen molar-refractivity contribution in [1.29, 1.82) is 0 Å². The maximum atomic E-state index is 13.1. The van der Waals surface area contributed by atoms with Crippen LogP contribution in [0.3, 0.4) is 0 Å². The molecule has 0 saturated carbocycles. The third-order valence-corrected chi connectivity index (χ3v) is 6.66. The SMILES string of the molecule is CC(C)(C)OC(=O)Nc1ccc(-c2cccs2)cc1NC(=O)c1ccc(CCC(=O)Cc2cccnc2)cc1. The third-order valence-electron chi connectivity index (χ3n) is 5.74. The van der Waals surface area contributed by atoms with E-state index in [1.165, 1.54) is 0 Å². The van der Waals surface area contributed by atoms with Gasteiger partial charge in [-0.05, 0) is 85.7 Å². The van der Waals surface area contributed by atoms with Gasteiger partial charge < -0.3 is 10.1 Å². The van der Waals surface area contributed by atoms with Gasteiger partial charge in [0.05, 0.1) is 11.4 Å². The number of anilines is 2. The van der Waals surface area contributed by atoms with Gasteiger partial charge in [-0.2, -0.15) is 0 Å². The number of ether oxygens (including phenoxy) is 1. The Morgan fingerprint density at radius 3 is 2.36 bits per heavy atom. The second-order valence-electron chi connectivity index (χ2n) is 10.1. The second-order valence-corrected chi connectivity index (χ2v) is 11.0. The molecule has 200 valence electrons. The van der Waals surface area contributed by atoms with Crippen molar-refractivity contribution in [3.63, 3.8) is 0 Å². The van der Waals surface area contributed by atoms with Crippen molar-refractivity contribution in [2.24, 2.45) is 0 Å². The molecule has 39 heavy (non-hydrogen) atoms. The Hall–Kier alpha value is -4.30. The first kappa shape index (κ1) is 27.7. The molecule has 0 radical (unpaired) electrons. The van der Waals surface area contributed by atoms with Crippen LogP contribution < -0.4 is 10.6 Å². The molecule has 0 spiro atoms. The number of amides is 2.